The Kier molecular flexibility index (Phi) is 5.27. The summed E-state index contributed by atoms with van der Waals surface area (Å²) in [5.41, 5.74) is 2.45. The van der Waals surface area contributed by atoms with E-state index >= 15 is 0 Å². The highest BCUT2D eigenvalue weighted by Crippen LogP contribution is 2.34. The van der Waals surface area contributed by atoms with Crippen LogP contribution in [0.3, 0.4) is 0 Å². The molecule has 0 aromatic heterocycles. The van der Waals surface area contributed by atoms with Crippen molar-refractivity contribution in [3.05, 3.63) is 41.7 Å². The lowest BCUT2D eigenvalue weighted by molar-refractivity contribution is -0.225. The summed E-state index contributed by atoms with van der Waals surface area (Å²) in [6.07, 6.45) is 7.67. The molecule has 3 heteroatoms. The Morgan fingerprint density at radius 1 is 1.14 bits per heavy atom. The summed E-state index contributed by atoms with van der Waals surface area (Å²) in [7, 11) is 0. The molecule has 1 saturated heterocycles. The number of rotatable bonds is 4. The zero-order valence-corrected chi connectivity index (χ0v) is 13.3. The van der Waals surface area contributed by atoms with Crippen LogP contribution in [0.15, 0.2) is 30.3 Å². The normalized spacial score (nSPS) is 29.2. The molecule has 0 bridgehead atoms. The average molecular weight is 304 g/mol. The molecule has 22 heavy (non-hydrogen) atoms. The molecule has 2 nitrogen and oxygen atoms in total. The van der Waals surface area contributed by atoms with Crippen LogP contribution in [-0.4, -0.2) is 19.5 Å². The minimum absolute atomic E-state index is 0.0425. The predicted molar refractivity (Wildman–Crippen MR) is 85.8 cm³/mol. The van der Waals surface area contributed by atoms with Gasteiger partial charge in [-0.3, -0.25) is 0 Å². The molecule has 1 unspecified atom stereocenters. The lowest BCUT2D eigenvalue weighted by Gasteiger charge is -2.35. The van der Waals surface area contributed by atoms with Crippen molar-refractivity contribution in [3.63, 3.8) is 0 Å². The first-order valence-corrected chi connectivity index (χ1v) is 8.44. The Morgan fingerprint density at radius 3 is 2.45 bits per heavy atom. The summed E-state index contributed by atoms with van der Waals surface area (Å²) in [6, 6.07) is 6.79. The summed E-state index contributed by atoms with van der Waals surface area (Å²) >= 11 is 0. The third-order valence-electron chi connectivity index (χ3n) is 4.74. The SMILES string of the molecule is CCCC1COC(C2CC=C(c3ccc(F)cc3)CC2)OC1. The van der Waals surface area contributed by atoms with E-state index in [1.165, 1.54) is 30.5 Å². The molecule has 0 N–H and O–H groups in total. The lowest BCUT2D eigenvalue weighted by Crippen LogP contribution is -2.37. The second-order valence-electron chi connectivity index (χ2n) is 6.46. The van der Waals surface area contributed by atoms with Gasteiger partial charge in [-0.15, -0.1) is 0 Å². The molecule has 1 aliphatic heterocycles. The molecule has 1 fully saturated rings. The number of hydrogen-bond donors (Lipinski definition) is 0. The molecule has 1 heterocycles. The van der Waals surface area contributed by atoms with E-state index in [0.717, 1.165) is 38.0 Å². The lowest BCUT2D eigenvalue weighted by atomic mass is 9.86. The smallest absolute Gasteiger partial charge is 0.160 e. The van der Waals surface area contributed by atoms with Crippen LogP contribution in [0.5, 0.6) is 0 Å². The molecule has 2 aliphatic rings. The van der Waals surface area contributed by atoms with Crippen molar-refractivity contribution in [2.24, 2.45) is 11.8 Å². The van der Waals surface area contributed by atoms with Gasteiger partial charge in [-0.25, -0.2) is 4.39 Å². The highest BCUT2D eigenvalue weighted by Gasteiger charge is 2.30. The molecule has 3 rings (SSSR count). The Hall–Kier alpha value is -1.19. The Bertz CT molecular complexity index is 501. The van der Waals surface area contributed by atoms with Crippen LogP contribution >= 0.6 is 0 Å². The molecule has 0 saturated carbocycles. The highest BCUT2D eigenvalue weighted by molar-refractivity contribution is 5.66. The average Bonchev–Trinajstić information content (AvgIpc) is 2.57. The maximum absolute atomic E-state index is 13.0. The standard InChI is InChI=1S/C19H25FO2/c1-2-3-14-12-21-19(22-13-14)17-6-4-15(5-7-17)16-8-10-18(20)11-9-16/h4,8-11,14,17,19H,2-3,5-7,12-13H2,1H3. The molecule has 1 aromatic carbocycles. The molecule has 1 aromatic rings. The monoisotopic (exact) mass is 304 g/mol. The fraction of sp³-hybridized carbons (Fsp3) is 0.579. The maximum Gasteiger partial charge on any atom is 0.160 e. The molecule has 1 aliphatic carbocycles. The quantitative estimate of drug-likeness (QED) is 0.795. The van der Waals surface area contributed by atoms with Gasteiger partial charge < -0.3 is 9.47 Å². The molecular formula is C19H25FO2. The summed E-state index contributed by atoms with van der Waals surface area (Å²) in [5, 5.41) is 0. The van der Waals surface area contributed by atoms with E-state index in [9.17, 15) is 4.39 Å². The first kappa shape index (κ1) is 15.7. The van der Waals surface area contributed by atoms with Crippen molar-refractivity contribution in [1.82, 2.24) is 0 Å². The van der Waals surface area contributed by atoms with Crippen molar-refractivity contribution in [2.45, 2.75) is 45.3 Å². The summed E-state index contributed by atoms with van der Waals surface area (Å²) < 4.78 is 24.9. The van der Waals surface area contributed by atoms with E-state index in [4.69, 9.17) is 9.47 Å². The molecule has 120 valence electrons. The van der Waals surface area contributed by atoms with Gasteiger partial charge in [-0.2, -0.15) is 0 Å². The van der Waals surface area contributed by atoms with E-state index in [2.05, 4.69) is 13.0 Å². The summed E-state index contributed by atoms with van der Waals surface area (Å²) in [4.78, 5) is 0. The minimum Gasteiger partial charge on any atom is -0.352 e. The van der Waals surface area contributed by atoms with Crippen LogP contribution in [0.2, 0.25) is 0 Å². The van der Waals surface area contributed by atoms with E-state index in [-0.39, 0.29) is 12.1 Å². The molecule has 0 spiro atoms. The molecular weight excluding hydrogens is 279 g/mol. The number of hydrogen-bond acceptors (Lipinski definition) is 2. The van der Waals surface area contributed by atoms with Crippen LogP contribution in [0.1, 0.15) is 44.6 Å². The van der Waals surface area contributed by atoms with Gasteiger partial charge in [0.05, 0.1) is 13.2 Å². The summed E-state index contributed by atoms with van der Waals surface area (Å²) in [6.45, 7) is 3.88. The van der Waals surface area contributed by atoms with Crippen molar-refractivity contribution in [1.29, 1.82) is 0 Å². The molecule has 0 radical (unpaired) electrons. The second kappa shape index (κ2) is 7.38. The Labute approximate surface area is 132 Å². The van der Waals surface area contributed by atoms with Crippen molar-refractivity contribution < 1.29 is 13.9 Å². The first-order chi connectivity index (χ1) is 10.8. The van der Waals surface area contributed by atoms with Crippen LogP contribution in [0.25, 0.3) is 5.57 Å². The highest BCUT2D eigenvalue weighted by atomic mass is 19.1. The van der Waals surface area contributed by atoms with Crippen molar-refractivity contribution in [3.8, 4) is 0 Å². The maximum atomic E-state index is 13.0. The number of allylic oxidation sites excluding steroid dienone is 2. The van der Waals surface area contributed by atoms with Crippen LogP contribution < -0.4 is 0 Å². The van der Waals surface area contributed by atoms with E-state index in [1.807, 2.05) is 12.1 Å². The Balaban J connectivity index is 1.54. The number of benzene rings is 1. The zero-order valence-electron chi connectivity index (χ0n) is 13.3. The Morgan fingerprint density at radius 2 is 1.86 bits per heavy atom. The fourth-order valence-electron chi connectivity index (χ4n) is 3.43. The first-order valence-electron chi connectivity index (χ1n) is 8.44. The summed E-state index contributed by atoms with van der Waals surface area (Å²) in [5.74, 6) is 0.839. The fourth-order valence-corrected chi connectivity index (χ4v) is 3.43. The molecule has 1 atom stereocenters. The van der Waals surface area contributed by atoms with E-state index in [0.29, 0.717) is 11.8 Å². The van der Waals surface area contributed by atoms with Gasteiger partial charge in [-0.1, -0.05) is 31.6 Å². The van der Waals surface area contributed by atoms with Gasteiger partial charge in [0.2, 0.25) is 0 Å². The number of ether oxygens (including phenoxy) is 2. The largest absolute Gasteiger partial charge is 0.352 e. The predicted octanol–water partition coefficient (Wildman–Crippen LogP) is 4.80. The third-order valence-corrected chi connectivity index (χ3v) is 4.74. The van der Waals surface area contributed by atoms with Crippen molar-refractivity contribution >= 4 is 5.57 Å². The van der Waals surface area contributed by atoms with Gasteiger partial charge in [-0.05, 0) is 49.0 Å². The van der Waals surface area contributed by atoms with Gasteiger partial charge in [0.25, 0.3) is 0 Å². The second-order valence-corrected chi connectivity index (χ2v) is 6.46. The zero-order chi connectivity index (χ0) is 15.4. The van der Waals surface area contributed by atoms with Gasteiger partial charge in [0.1, 0.15) is 5.82 Å². The topological polar surface area (TPSA) is 18.5 Å². The number of halogens is 1. The minimum atomic E-state index is -0.177. The van der Waals surface area contributed by atoms with Gasteiger partial charge in [0, 0.05) is 11.8 Å². The van der Waals surface area contributed by atoms with Crippen LogP contribution in [0.4, 0.5) is 4.39 Å². The van der Waals surface area contributed by atoms with Gasteiger partial charge >= 0.3 is 0 Å². The van der Waals surface area contributed by atoms with Crippen molar-refractivity contribution in [2.75, 3.05) is 13.2 Å². The van der Waals surface area contributed by atoms with E-state index in [1.54, 1.807) is 0 Å². The van der Waals surface area contributed by atoms with Crippen LogP contribution in [-0.2, 0) is 9.47 Å². The van der Waals surface area contributed by atoms with Crippen LogP contribution in [0, 0.1) is 17.7 Å². The molecule has 0 amide bonds. The third kappa shape index (κ3) is 3.76. The van der Waals surface area contributed by atoms with E-state index < -0.39 is 0 Å². The van der Waals surface area contributed by atoms with Gasteiger partial charge in [0.15, 0.2) is 6.29 Å².